The van der Waals surface area contributed by atoms with E-state index in [1.807, 2.05) is 6.92 Å². The summed E-state index contributed by atoms with van der Waals surface area (Å²) in [6.07, 6.45) is 6.46. The fraction of sp³-hybridized carbons (Fsp3) is 0.647. The molecule has 1 aliphatic rings. The second-order valence-electron chi connectivity index (χ2n) is 6.37. The smallest absolute Gasteiger partial charge is 0.147 e. The lowest BCUT2D eigenvalue weighted by Gasteiger charge is -2.40. The number of Topliss-reactive ketones (excluding diaryl/α,β-unsaturated/α-hetero) is 2. The highest BCUT2D eigenvalue weighted by Crippen LogP contribution is 2.44. The summed E-state index contributed by atoms with van der Waals surface area (Å²) < 4.78 is 0. The van der Waals surface area contributed by atoms with Gasteiger partial charge in [0.05, 0.1) is 6.42 Å². The lowest BCUT2D eigenvalue weighted by molar-refractivity contribution is -0.141. The SMILES string of the molecule is CC(C)=CCC1(CC=C(C)C)C(=O)CC(=O)CC1C. The van der Waals surface area contributed by atoms with E-state index < -0.39 is 0 Å². The molecule has 0 heterocycles. The van der Waals surface area contributed by atoms with Crippen LogP contribution in [0, 0.1) is 11.3 Å². The molecule has 0 N–H and O–H groups in total. The Kier molecular flexibility index (Phi) is 5.28. The van der Waals surface area contributed by atoms with E-state index >= 15 is 0 Å². The zero-order valence-electron chi connectivity index (χ0n) is 12.9. The number of hydrogen-bond donors (Lipinski definition) is 0. The fourth-order valence-corrected chi connectivity index (χ4v) is 2.72. The van der Waals surface area contributed by atoms with Crippen molar-refractivity contribution in [2.45, 2.75) is 60.3 Å². The Morgan fingerprint density at radius 2 is 1.58 bits per heavy atom. The van der Waals surface area contributed by atoms with Crippen LogP contribution in [-0.4, -0.2) is 11.6 Å². The van der Waals surface area contributed by atoms with Gasteiger partial charge in [0.15, 0.2) is 0 Å². The number of ketones is 2. The summed E-state index contributed by atoms with van der Waals surface area (Å²) in [5.41, 5.74) is 2.09. The van der Waals surface area contributed by atoms with Gasteiger partial charge in [0, 0.05) is 11.8 Å². The van der Waals surface area contributed by atoms with Crippen molar-refractivity contribution in [3.8, 4) is 0 Å². The maximum Gasteiger partial charge on any atom is 0.147 e. The standard InChI is InChI=1S/C17H26O2/c1-12(2)6-8-17(9-7-13(3)4)14(5)10-15(18)11-16(17)19/h6-7,14H,8-11H2,1-5H3. The van der Waals surface area contributed by atoms with E-state index in [9.17, 15) is 9.59 Å². The van der Waals surface area contributed by atoms with Gasteiger partial charge in [0.2, 0.25) is 0 Å². The summed E-state index contributed by atoms with van der Waals surface area (Å²) in [6, 6.07) is 0. The van der Waals surface area contributed by atoms with Crippen LogP contribution in [-0.2, 0) is 9.59 Å². The van der Waals surface area contributed by atoms with Crippen molar-refractivity contribution in [3.05, 3.63) is 23.3 Å². The van der Waals surface area contributed by atoms with Gasteiger partial charge in [-0.25, -0.2) is 0 Å². The highest BCUT2D eigenvalue weighted by atomic mass is 16.2. The summed E-state index contributed by atoms with van der Waals surface area (Å²) in [7, 11) is 0. The topological polar surface area (TPSA) is 34.1 Å². The molecular formula is C17H26O2. The number of hydrogen-bond acceptors (Lipinski definition) is 2. The highest BCUT2D eigenvalue weighted by Gasteiger charge is 2.45. The van der Waals surface area contributed by atoms with Crippen LogP contribution in [0.5, 0.6) is 0 Å². The van der Waals surface area contributed by atoms with Crippen molar-refractivity contribution in [2.24, 2.45) is 11.3 Å². The Morgan fingerprint density at radius 1 is 1.11 bits per heavy atom. The molecule has 0 aromatic carbocycles. The quantitative estimate of drug-likeness (QED) is 0.560. The first kappa shape index (κ1) is 15.9. The zero-order chi connectivity index (χ0) is 14.6. The molecule has 106 valence electrons. The Balaban J connectivity index is 3.09. The molecule has 1 saturated carbocycles. The molecule has 0 bridgehead atoms. The lowest BCUT2D eigenvalue weighted by Crippen LogP contribution is -2.43. The van der Waals surface area contributed by atoms with Gasteiger partial charge >= 0.3 is 0 Å². The molecule has 19 heavy (non-hydrogen) atoms. The molecule has 0 spiro atoms. The minimum absolute atomic E-state index is 0.0996. The first-order valence-corrected chi connectivity index (χ1v) is 7.09. The Labute approximate surface area is 117 Å². The molecule has 0 saturated heterocycles. The average molecular weight is 262 g/mol. The molecule has 2 heteroatoms. The minimum atomic E-state index is -0.373. The van der Waals surface area contributed by atoms with Crippen molar-refractivity contribution in [3.63, 3.8) is 0 Å². The van der Waals surface area contributed by atoms with Crippen LogP contribution >= 0.6 is 0 Å². The van der Waals surface area contributed by atoms with E-state index in [-0.39, 0.29) is 29.3 Å². The van der Waals surface area contributed by atoms with Gasteiger partial charge in [-0.15, -0.1) is 0 Å². The average Bonchev–Trinajstić information content (AvgIpc) is 2.26. The Hall–Kier alpha value is -1.18. The third-order valence-electron chi connectivity index (χ3n) is 4.14. The molecule has 0 aliphatic heterocycles. The summed E-state index contributed by atoms with van der Waals surface area (Å²) >= 11 is 0. The normalized spacial score (nSPS) is 22.1. The third kappa shape index (κ3) is 3.89. The maximum absolute atomic E-state index is 12.5. The van der Waals surface area contributed by atoms with Gasteiger partial charge in [-0.3, -0.25) is 9.59 Å². The predicted molar refractivity (Wildman–Crippen MR) is 78.9 cm³/mol. The van der Waals surface area contributed by atoms with Crippen LogP contribution in [0.4, 0.5) is 0 Å². The molecule has 2 nitrogen and oxygen atoms in total. The van der Waals surface area contributed by atoms with Crippen molar-refractivity contribution in [1.82, 2.24) is 0 Å². The van der Waals surface area contributed by atoms with E-state index in [2.05, 4.69) is 39.8 Å². The molecule has 0 amide bonds. The number of rotatable bonds is 4. The van der Waals surface area contributed by atoms with Crippen molar-refractivity contribution < 1.29 is 9.59 Å². The van der Waals surface area contributed by atoms with E-state index in [1.54, 1.807) is 0 Å². The first-order chi connectivity index (χ1) is 8.78. The summed E-state index contributed by atoms with van der Waals surface area (Å²) in [5, 5.41) is 0. The molecule has 0 radical (unpaired) electrons. The maximum atomic E-state index is 12.5. The van der Waals surface area contributed by atoms with E-state index in [1.165, 1.54) is 11.1 Å². The molecule has 1 unspecified atom stereocenters. The molecular weight excluding hydrogens is 236 g/mol. The summed E-state index contributed by atoms with van der Waals surface area (Å²) in [4.78, 5) is 24.1. The molecule has 1 aliphatic carbocycles. The van der Waals surface area contributed by atoms with Crippen molar-refractivity contribution in [2.75, 3.05) is 0 Å². The second-order valence-corrected chi connectivity index (χ2v) is 6.37. The van der Waals surface area contributed by atoms with Crippen LogP contribution in [0.3, 0.4) is 0 Å². The molecule has 0 aromatic rings. The summed E-state index contributed by atoms with van der Waals surface area (Å²) in [6.45, 7) is 10.3. The number of carbonyl (C=O) groups is 2. The monoisotopic (exact) mass is 262 g/mol. The van der Waals surface area contributed by atoms with Crippen LogP contribution in [0.1, 0.15) is 60.3 Å². The highest BCUT2D eigenvalue weighted by molar-refractivity contribution is 6.04. The van der Waals surface area contributed by atoms with Gasteiger partial charge in [-0.05, 0) is 46.5 Å². The zero-order valence-corrected chi connectivity index (χ0v) is 12.9. The Bertz CT molecular complexity index is 399. The molecule has 1 atom stereocenters. The number of allylic oxidation sites excluding steroid dienone is 4. The summed E-state index contributed by atoms with van der Waals surface area (Å²) in [5.74, 6) is 0.362. The van der Waals surface area contributed by atoms with Crippen LogP contribution in [0.2, 0.25) is 0 Å². The fourth-order valence-electron chi connectivity index (χ4n) is 2.72. The first-order valence-electron chi connectivity index (χ1n) is 7.09. The van der Waals surface area contributed by atoms with Gasteiger partial charge < -0.3 is 0 Å². The van der Waals surface area contributed by atoms with Crippen LogP contribution in [0.15, 0.2) is 23.3 Å². The van der Waals surface area contributed by atoms with Gasteiger partial charge in [-0.1, -0.05) is 30.2 Å². The van der Waals surface area contributed by atoms with Gasteiger partial charge in [0.1, 0.15) is 11.6 Å². The van der Waals surface area contributed by atoms with E-state index in [4.69, 9.17) is 0 Å². The van der Waals surface area contributed by atoms with Crippen LogP contribution in [0.25, 0.3) is 0 Å². The molecule has 1 rings (SSSR count). The third-order valence-corrected chi connectivity index (χ3v) is 4.14. The predicted octanol–water partition coefficient (Wildman–Crippen LogP) is 4.25. The van der Waals surface area contributed by atoms with Crippen molar-refractivity contribution >= 4 is 11.6 Å². The van der Waals surface area contributed by atoms with Gasteiger partial charge in [-0.2, -0.15) is 0 Å². The van der Waals surface area contributed by atoms with E-state index in [0.717, 1.165) is 12.8 Å². The minimum Gasteiger partial charge on any atom is -0.299 e. The lowest BCUT2D eigenvalue weighted by atomic mass is 9.62. The molecule has 0 aromatic heterocycles. The molecule has 1 fully saturated rings. The largest absolute Gasteiger partial charge is 0.299 e. The van der Waals surface area contributed by atoms with Gasteiger partial charge in [0.25, 0.3) is 0 Å². The second kappa shape index (κ2) is 6.31. The van der Waals surface area contributed by atoms with E-state index in [0.29, 0.717) is 6.42 Å². The Morgan fingerprint density at radius 3 is 1.95 bits per heavy atom. The van der Waals surface area contributed by atoms with Crippen molar-refractivity contribution in [1.29, 1.82) is 0 Å². The number of carbonyl (C=O) groups excluding carboxylic acids is 2. The van der Waals surface area contributed by atoms with Crippen LogP contribution < -0.4 is 0 Å².